The molecule has 1 aliphatic rings. The maximum Gasteiger partial charge on any atom is 0.251 e. The van der Waals surface area contributed by atoms with E-state index in [0.717, 1.165) is 12.0 Å². The topological polar surface area (TPSA) is 75.4 Å². The van der Waals surface area contributed by atoms with Crippen molar-refractivity contribution in [2.75, 3.05) is 13.1 Å². The third-order valence-electron chi connectivity index (χ3n) is 4.53. The Balaban J connectivity index is 0.00000261. The predicted molar refractivity (Wildman–Crippen MR) is 109 cm³/mol. The average Bonchev–Trinajstić information content (AvgIpc) is 3.08. The Morgan fingerprint density at radius 2 is 1.81 bits per heavy atom. The van der Waals surface area contributed by atoms with Crippen molar-refractivity contribution in [3.05, 3.63) is 70.7 Å². The molecule has 0 saturated carbocycles. The number of nitrogens with one attached hydrogen (secondary N) is 1. The lowest BCUT2D eigenvalue weighted by Crippen LogP contribution is -2.49. The normalized spacial score (nSPS) is 17.1. The molecule has 1 fully saturated rings. The van der Waals surface area contributed by atoms with Crippen LogP contribution in [-0.2, 0) is 11.2 Å². The molecule has 0 bridgehead atoms. The molecule has 2 atom stereocenters. The number of likely N-dealkylation sites (tertiary alicyclic amines) is 1. The van der Waals surface area contributed by atoms with Gasteiger partial charge in [-0.1, -0.05) is 41.9 Å². The standard InChI is InChI=1S/C20H22ClN3O2.ClH/c21-16-8-6-15(7-9-16)19(25)23-18(12-14-4-2-1-3-5-14)20(26)24-11-10-17(22)13-24;/h1-9,17-18H,10-13,22H2,(H,23,25);1H/t17-,18?;/m1./s1. The maximum atomic E-state index is 13.0. The van der Waals surface area contributed by atoms with Crippen molar-refractivity contribution < 1.29 is 9.59 Å². The summed E-state index contributed by atoms with van der Waals surface area (Å²) < 4.78 is 0. The van der Waals surface area contributed by atoms with Gasteiger partial charge < -0.3 is 16.0 Å². The van der Waals surface area contributed by atoms with E-state index in [9.17, 15) is 9.59 Å². The van der Waals surface area contributed by atoms with Gasteiger partial charge in [-0.15, -0.1) is 12.4 Å². The van der Waals surface area contributed by atoms with Gasteiger partial charge in [0.2, 0.25) is 5.91 Å². The zero-order valence-electron chi connectivity index (χ0n) is 14.8. The van der Waals surface area contributed by atoms with Crippen molar-refractivity contribution >= 4 is 35.8 Å². The van der Waals surface area contributed by atoms with E-state index >= 15 is 0 Å². The summed E-state index contributed by atoms with van der Waals surface area (Å²) in [4.78, 5) is 27.3. The summed E-state index contributed by atoms with van der Waals surface area (Å²) in [6.45, 7) is 1.16. The van der Waals surface area contributed by atoms with Crippen molar-refractivity contribution in [1.82, 2.24) is 10.2 Å². The first-order valence-corrected chi connectivity index (χ1v) is 9.05. The molecule has 7 heteroatoms. The molecular formula is C20H23Cl2N3O2. The summed E-state index contributed by atoms with van der Waals surface area (Å²) in [5, 5.41) is 3.44. The molecule has 0 spiro atoms. The highest BCUT2D eigenvalue weighted by Crippen LogP contribution is 2.14. The molecule has 3 N–H and O–H groups in total. The highest BCUT2D eigenvalue weighted by Gasteiger charge is 2.30. The van der Waals surface area contributed by atoms with Gasteiger partial charge in [-0.2, -0.15) is 0 Å². The lowest BCUT2D eigenvalue weighted by atomic mass is 10.0. The van der Waals surface area contributed by atoms with E-state index in [2.05, 4.69) is 5.32 Å². The first-order chi connectivity index (χ1) is 12.5. The fourth-order valence-electron chi connectivity index (χ4n) is 3.10. The van der Waals surface area contributed by atoms with E-state index in [0.29, 0.717) is 30.1 Å². The first kappa shape index (κ1) is 21.2. The van der Waals surface area contributed by atoms with Crippen molar-refractivity contribution in [1.29, 1.82) is 0 Å². The van der Waals surface area contributed by atoms with Crippen molar-refractivity contribution in [3.8, 4) is 0 Å². The smallest absolute Gasteiger partial charge is 0.251 e. The second-order valence-electron chi connectivity index (χ2n) is 6.56. The van der Waals surface area contributed by atoms with E-state index in [-0.39, 0.29) is 30.3 Å². The first-order valence-electron chi connectivity index (χ1n) is 8.67. The largest absolute Gasteiger partial charge is 0.340 e. The quantitative estimate of drug-likeness (QED) is 0.799. The van der Waals surface area contributed by atoms with Gasteiger partial charge in [0, 0.05) is 36.1 Å². The highest BCUT2D eigenvalue weighted by atomic mass is 35.5. The number of amides is 2. The van der Waals surface area contributed by atoms with E-state index in [1.54, 1.807) is 29.2 Å². The molecule has 144 valence electrons. The lowest BCUT2D eigenvalue weighted by molar-refractivity contribution is -0.132. The van der Waals surface area contributed by atoms with Gasteiger partial charge >= 0.3 is 0 Å². The Bertz CT molecular complexity index is 769. The van der Waals surface area contributed by atoms with Crippen LogP contribution in [0.1, 0.15) is 22.3 Å². The molecule has 0 aliphatic carbocycles. The van der Waals surface area contributed by atoms with E-state index in [1.165, 1.54) is 0 Å². The summed E-state index contributed by atoms with van der Waals surface area (Å²) in [5.41, 5.74) is 7.39. The van der Waals surface area contributed by atoms with E-state index in [1.807, 2.05) is 30.3 Å². The lowest BCUT2D eigenvalue weighted by Gasteiger charge is -2.24. The number of hydrogen-bond donors (Lipinski definition) is 2. The molecule has 0 radical (unpaired) electrons. The molecule has 1 heterocycles. The average molecular weight is 408 g/mol. The maximum absolute atomic E-state index is 13.0. The Labute approximate surface area is 170 Å². The molecule has 1 aliphatic heterocycles. The van der Waals surface area contributed by atoms with Crippen LogP contribution in [0.15, 0.2) is 54.6 Å². The summed E-state index contributed by atoms with van der Waals surface area (Å²) in [6, 6.07) is 15.6. The fraction of sp³-hybridized carbons (Fsp3) is 0.300. The second kappa shape index (κ2) is 9.74. The fourth-order valence-corrected chi connectivity index (χ4v) is 3.23. The number of nitrogens with zero attached hydrogens (tertiary/aromatic N) is 1. The van der Waals surface area contributed by atoms with Crippen LogP contribution in [0.4, 0.5) is 0 Å². The predicted octanol–water partition coefficient (Wildman–Crippen LogP) is 2.66. The van der Waals surface area contributed by atoms with Gasteiger partial charge in [0.25, 0.3) is 5.91 Å². The molecule has 2 amide bonds. The van der Waals surface area contributed by atoms with E-state index in [4.69, 9.17) is 17.3 Å². The Kier molecular flexibility index (Phi) is 7.66. The van der Waals surface area contributed by atoms with Gasteiger partial charge in [0.1, 0.15) is 6.04 Å². The number of hydrogen-bond acceptors (Lipinski definition) is 3. The molecular weight excluding hydrogens is 385 g/mol. The number of carbonyl (C=O) groups is 2. The molecule has 1 unspecified atom stereocenters. The van der Waals surface area contributed by atoms with Crippen molar-refractivity contribution in [3.63, 3.8) is 0 Å². The number of nitrogens with two attached hydrogens (primary N) is 1. The summed E-state index contributed by atoms with van der Waals surface area (Å²) in [6.07, 6.45) is 1.22. The van der Waals surface area contributed by atoms with Crippen LogP contribution < -0.4 is 11.1 Å². The summed E-state index contributed by atoms with van der Waals surface area (Å²) >= 11 is 5.88. The van der Waals surface area contributed by atoms with Crippen LogP contribution in [0.5, 0.6) is 0 Å². The van der Waals surface area contributed by atoms with Gasteiger partial charge in [-0.3, -0.25) is 9.59 Å². The second-order valence-corrected chi connectivity index (χ2v) is 6.99. The van der Waals surface area contributed by atoms with Crippen LogP contribution in [0, 0.1) is 0 Å². The number of benzene rings is 2. The van der Waals surface area contributed by atoms with Crippen molar-refractivity contribution in [2.45, 2.75) is 24.9 Å². The van der Waals surface area contributed by atoms with Crippen LogP contribution in [0.3, 0.4) is 0 Å². The van der Waals surface area contributed by atoms with Crippen molar-refractivity contribution in [2.24, 2.45) is 5.73 Å². The van der Waals surface area contributed by atoms with Gasteiger partial charge in [0.15, 0.2) is 0 Å². The van der Waals surface area contributed by atoms with Gasteiger partial charge in [-0.05, 0) is 36.2 Å². The van der Waals surface area contributed by atoms with Crippen LogP contribution in [0.2, 0.25) is 5.02 Å². The number of carbonyl (C=O) groups excluding carboxylic acids is 2. The molecule has 2 aromatic carbocycles. The third-order valence-corrected chi connectivity index (χ3v) is 4.78. The summed E-state index contributed by atoms with van der Waals surface area (Å²) in [7, 11) is 0. The molecule has 2 aromatic rings. The molecule has 27 heavy (non-hydrogen) atoms. The van der Waals surface area contributed by atoms with Gasteiger partial charge in [0.05, 0.1) is 0 Å². The van der Waals surface area contributed by atoms with Gasteiger partial charge in [-0.25, -0.2) is 0 Å². The molecule has 3 rings (SSSR count). The summed E-state index contributed by atoms with van der Waals surface area (Å²) in [5.74, 6) is -0.386. The zero-order valence-corrected chi connectivity index (χ0v) is 16.4. The minimum atomic E-state index is -0.633. The Morgan fingerprint density at radius 1 is 1.15 bits per heavy atom. The monoisotopic (exact) mass is 407 g/mol. The number of rotatable bonds is 5. The van der Waals surface area contributed by atoms with E-state index < -0.39 is 6.04 Å². The van der Waals surface area contributed by atoms with Crippen LogP contribution in [0.25, 0.3) is 0 Å². The third kappa shape index (κ3) is 5.70. The Morgan fingerprint density at radius 3 is 2.41 bits per heavy atom. The minimum Gasteiger partial charge on any atom is -0.340 e. The number of halogens is 2. The SMILES string of the molecule is Cl.N[C@@H]1CCN(C(=O)C(Cc2ccccc2)NC(=O)c2ccc(Cl)cc2)C1. The Hall–Kier alpha value is -2.08. The zero-order chi connectivity index (χ0) is 18.5. The molecule has 1 saturated heterocycles. The molecule has 5 nitrogen and oxygen atoms in total. The van der Waals surface area contributed by atoms with Crippen LogP contribution in [-0.4, -0.2) is 41.9 Å². The molecule has 0 aromatic heterocycles. The van der Waals surface area contributed by atoms with Crippen LogP contribution >= 0.6 is 24.0 Å². The minimum absolute atomic E-state index is 0. The highest BCUT2D eigenvalue weighted by molar-refractivity contribution is 6.30.